The highest BCUT2D eigenvalue weighted by Gasteiger charge is 2.75. The molecule has 7 heteroatoms. The molecule has 3 aliphatic rings. The van der Waals surface area contributed by atoms with Crippen LogP contribution < -0.4 is 4.90 Å². The van der Waals surface area contributed by atoms with Crippen molar-refractivity contribution in [3.05, 3.63) is 23.7 Å². The Morgan fingerprint density at radius 2 is 2.04 bits per heavy atom. The van der Waals surface area contributed by atoms with Crippen molar-refractivity contribution in [2.75, 3.05) is 4.90 Å². The van der Waals surface area contributed by atoms with E-state index in [2.05, 4.69) is 4.98 Å². The van der Waals surface area contributed by atoms with E-state index in [1.807, 2.05) is 19.1 Å². The number of rotatable bonds is 1. The molecule has 4 heterocycles. The number of aliphatic hydroxyl groups excluding tert-OH is 1. The van der Waals surface area contributed by atoms with E-state index in [0.29, 0.717) is 12.1 Å². The highest BCUT2D eigenvalue weighted by Crippen LogP contribution is 2.61. The van der Waals surface area contributed by atoms with Crippen LogP contribution in [0, 0.1) is 11.8 Å². The Hall–Kier alpha value is -1.83. The van der Waals surface area contributed by atoms with Crippen LogP contribution in [-0.4, -0.2) is 39.2 Å². The van der Waals surface area contributed by atoms with Crippen molar-refractivity contribution in [2.45, 2.75) is 37.6 Å². The van der Waals surface area contributed by atoms with E-state index in [-0.39, 0.29) is 11.8 Å². The number of thiazole rings is 1. The summed E-state index contributed by atoms with van der Waals surface area (Å²) in [6, 6.07) is 5.40. The molecule has 1 N–H and O–H groups in total. The number of fused-ring (bicyclic) bond motifs is 6. The number of benzene rings is 1. The molecule has 6 nitrogen and oxygen atoms in total. The normalized spacial score (nSPS) is 40.8. The van der Waals surface area contributed by atoms with Crippen molar-refractivity contribution < 1.29 is 19.4 Å². The van der Waals surface area contributed by atoms with Gasteiger partial charge in [-0.3, -0.25) is 9.59 Å². The Balaban J connectivity index is 1.63. The number of carbonyl (C=O) groups is 2. The quantitative estimate of drug-likeness (QED) is 0.797. The second-order valence-corrected chi connectivity index (χ2v) is 8.18. The highest BCUT2D eigenvalue weighted by molar-refractivity contribution is 7.16. The molecule has 2 bridgehead atoms. The number of ether oxygens (including phenoxy) is 1. The van der Waals surface area contributed by atoms with Gasteiger partial charge in [0.1, 0.15) is 5.60 Å². The first kappa shape index (κ1) is 14.5. The van der Waals surface area contributed by atoms with Crippen molar-refractivity contribution in [2.24, 2.45) is 11.8 Å². The summed E-state index contributed by atoms with van der Waals surface area (Å²) in [5, 5.41) is 10.4. The van der Waals surface area contributed by atoms with Crippen molar-refractivity contribution in [1.82, 2.24) is 4.98 Å². The second kappa shape index (κ2) is 4.22. The summed E-state index contributed by atoms with van der Waals surface area (Å²) in [5.74, 6) is -1.67. The van der Waals surface area contributed by atoms with E-state index in [1.165, 1.54) is 16.2 Å². The van der Waals surface area contributed by atoms with E-state index in [0.717, 1.165) is 10.2 Å². The summed E-state index contributed by atoms with van der Waals surface area (Å²) in [7, 11) is 0. The molecule has 5 rings (SSSR count). The molecule has 0 aliphatic carbocycles. The molecule has 0 spiro atoms. The lowest BCUT2D eigenvalue weighted by atomic mass is 9.67. The van der Waals surface area contributed by atoms with Gasteiger partial charge in [-0.05, 0) is 32.0 Å². The lowest BCUT2D eigenvalue weighted by Crippen LogP contribution is -2.49. The fraction of sp³-hybridized carbons (Fsp3) is 0.471. The number of hydrogen-bond acceptors (Lipinski definition) is 6. The number of anilines is 1. The molecule has 24 heavy (non-hydrogen) atoms. The smallest absolute Gasteiger partial charge is 0.240 e. The zero-order valence-corrected chi connectivity index (χ0v) is 14.0. The third-order valence-electron chi connectivity index (χ3n) is 5.87. The van der Waals surface area contributed by atoms with Gasteiger partial charge in [0.15, 0.2) is 0 Å². The zero-order chi connectivity index (χ0) is 16.9. The van der Waals surface area contributed by atoms with Gasteiger partial charge in [0, 0.05) is 6.42 Å². The predicted octanol–water partition coefficient (Wildman–Crippen LogP) is 1.71. The summed E-state index contributed by atoms with van der Waals surface area (Å²) in [6.07, 6.45) is -0.352. The average molecular weight is 344 g/mol. The molecule has 0 radical (unpaired) electrons. The van der Waals surface area contributed by atoms with Crippen LogP contribution in [0.25, 0.3) is 10.2 Å². The van der Waals surface area contributed by atoms with Gasteiger partial charge >= 0.3 is 0 Å². The molecular formula is C17H16N2O4S. The molecule has 3 saturated heterocycles. The third kappa shape index (κ3) is 1.51. The summed E-state index contributed by atoms with van der Waals surface area (Å²) in [5.41, 5.74) is 1.38. The van der Waals surface area contributed by atoms with Crippen molar-refractivity contribution in [1.29, 1.82) is 0 Å². The van der Waals surface area contributed by atoms with Crippen LogP contribution in [0.15, 0.2) is 23.7 Å². The van der Waals surface area contributed by atoms with Crippen LogP contribution in [0.1, 0.15) is 20.3 Å². The Bertz CT molecular complexity index is 911. The van der Waals surface area contributed by atoms with Gasteiger partial charge in [0.25, 0.3) is 0 Å². The Kier molecular flexibility index (Phi) is 2.55. The molecule has 3 aliphatic heterocycles. The number of nitrogens with zero attached hydrogens (tertiary/aromatic N) is 2. The van der Waals surface area contributed by atoms with Crippen LogP contribution in [0.5, 0.6) is 0 Å². The largest absolute Gasteiger partial charge is 0.390 e. The number of aliphatic hydroxyl groups is 1. The maximum Gasteiger partial charge on any atom is 0.240 e. The molecule has 1 aromatic heterocycles. The molecule has 2 aromatic rings. The minimum Gasteiger partial charge on any atom is -0.390 e. The Morgan fingerprint density at radius 3 is 2.83 bits per heavy atom. The van der Waals surface area contributed by atoms with Crippen LogP contribution in [0.2, 0.25) is 0 Å². The van der Waals surface area contributed by atoms with Crippen LogP contribution >= 0.6 is 11.3 Å². The first-order chi connectivity index (χ1) is 11.3. The molecule has 124 valence electrons. The third-order valence-corrected chi connectivity index (χ3v) is 6.66. The van der Waals surface area contributed by atoms with E-state index in [1.54, 1.807) is 18.5 Å². The SMILES string of the molecule is CC12CC(O)C(C)(O1)[C@H]1C(=O)N(c3ccc4ncsc4c3)C(=O)C12. The van der Waals surface area contributed by atoms with Crippen molar-refractivity contribution >= 4 is 39.1 Å². The molecule has 3 fully saturated rings. The molecular weight excluding hydrogens is 328 g/mol. The number of carbonyl (C=O) groups excluding carboxylic acids is 2. The van der Waals surface area contributed by atoms with Gasteiger partial charge in [-0.1, -0.05) is 0 Å². The standard InChI is InChI=1S/C17H16N2O4S/c1-16-6-11(20)17(2,23-16)13-12(16)14(21)19(15(13)22)8-3-4-9-10(5-8)24-7-18-9/h3-5,7,11-13,20H,6H2,1-2H3/t11?,12?,13-,16?,17?/m1/s1. The van der Waals surface area contributed by atoms with Crippen molar-refractivity contribution in [3.8, 4) is 0 Å². The fourth-order valence-electron chi connectivity index (χ4n) is 4.76. The van der Waals surface area contributed by atoms with E-state index < -0.39 is 29.1 Å². The van der Waals surface area contributed by atoms with E-state index >= 15 is 0 Å². The Morgan fingerprint density at radius 1 is 1.29 bits per heavy atom. The summed E-state index contributed by atoms with van der Waals surface area (Å²) >= 11 is 1.47. The van der Waals surface area contributed by atoms with Gasteiger partial charge in [-0.25, -0.2) is 9.88 Å². The maximum absolute atomic E-state index is 13.1. The maximum atomic E-state index is 13.1. The fourth-order valence-corrected chi connectivity index (χ4v) is 5.47. The number of imide groups is 1. The van der Waals surface area contributed by atoms with Crippen LogP contribution in [0.4, 0.5) is 5.69 Å². The highest BCUT2D eigenvalue weighted by atomic mass is 32.1. The summed E-state index contributed by atoms with van der Waals surface area (Å²) in [4.78, 5) is 31.6. The van der Waals surface area contributed by atoms with Crippen molar-refractivity contribution in [3.63, 3.8) is 0 Å². The number of hydrogen-bond donors (Lipinski definition) is 1. The summed E-state index contributed by atoms with van der Waals surface area (Å²) in [6.45, 7) is 3.57. The number of amides is 2. The lowest BCUT2D eigenvalue weighted by Gasteiger charge is -2.31. The zero-order valence-electron chi connectivity index (χ0n) is 13.2. The lowest BCUT2D eigenvalue weighted by molar-refractivity contribution is -0.132. The minimum absolute atomic E-state index is 0.230. The predicted molar refractivity (Wildman–Crippen MR) is 87.6 cm³/mol. The van der Waals surface area contributed by atoms with Gasteiger partial charge < -0.3 is 9.84 Å². The Labute approximate surface area is 142 Å². The molecule has 4 unspecified atom stereocenters. The molecule has 5 atom stereocenters. The first-order valence-electron chi connectivity index (χ1n) is 7.94. The summed E-state index contributed by atoms with van der Waals surface area (Å²) < 4.78 is 6.92. The van der Waals surface area contributed by atoms with E-state index in [9.17, 15) is 14.7 Å². The first-order valence-corrected chi connectivity index (χ1v) is 8.82. The minimum atomic E-state index is -0.991. The molecule has 0 saturated carbocycles. The molecule has 1 aromatic carbocycles. The topological polar surface area (TPSA) is 79.7 Å². The second-order valence-electron chi connectivity index (χ2n) is 7.29. The number of aromatic nitrogens is 1. The monoisotopic (exact) mass is 344 g/mol. The van der Waals surface area contributed by atoms with Gasteiger partial charge in [0.2, 0.25) is 11.8 Å². The van der Waals surface area contributed by atoms with Gasteiger partial charge in [-0.15, -0.1) is 11.3 Å². The van der Waals surface area contributed by atoms with Gasteiger partial charge in [-0.2, -0.15) is 0 Å². The van der Waals surface area contributed by atoms with E-state index in [4.69, 9.17) is 4.74 Å². The average Bonchev–Trinajstić information content (AvgIpc) is 3.19. The molecule has 2 amide bonds. The van der Waals surface area contributed by atoms with Crippen LogP contribution in [0.3, 0.4) is 0 Å². The van der Waals surface area contributed by atoms with Gasteiger partial charge in [0.05, 0.1) is 45.0 Å². The van der Waals surface area contributed by atoms with Crippen LogP contribution in [-0.2, 0) is 14.3 Å².